The van der Waals surface area contributed by atoms with Crippen molar-refractivity contribution in [1.29, 1.82) is 0 Å². The van der Waals surface area contributed by atoms with Crippen LogP contribution in [0.25, 0.3) is 5.57 Å². The van der Waals surface area contributed by atoms with Gasteiger partial charge in [0.15, 0.2) is 0 Å². The van der Waals surface area contributed by atoms with E-state index in [1.807, 2.05) is 13.8 Å². The minimum absolute atomic E-state index is 0.199. The molecule has 5 heteroatoms. The Balaban J connectivity index is 0.000000580. The number of rotatable bonds is 9. The zero-order chi connectivity index (χ0) is 21.0. The van der Waals surface area contributed by atoms with Gasteiger partial charge in [0.1, 0.15) is 5.75 Å². The molecule has 156 valence electrons. The zero-order valence-electron chi connectivity index (χ0n) is 17.3. The van der Waals surface area contributed by atoms with Gasteiger partial charge >= 0.3 is 6.36 Å². The normalized spacial score (nSPS) is 12.4. The molecule has 0 saturated carbocycles. The molecule has 0 aliphatic rings. The topological polar surface area (TPSA) is 29.5 Å². The maximum Gasteiger partial charge on any atom is 0.573 e. The molecule has 0 aliphatic carbocycles. The number of hydrogen-bond acceptors (Lipinski definition) is 2. The van der Waals surface area contributed by atoms with E-state index >= 15 is 0 Å². The Kier molecular flexibility index (Phi) is 12.1. The number of halogens is 3. The summed E-state index contributed by atoms with van der Waals surface area (Å²) in [6.07, 6.45) is 0.746. The highest BCUT2D eigenvalue weighted by molar-refractivity contribution is 5.67. The number of alkyl halides is 3. The van der Waals surface area contributed by atoms with Gasteiger partial charge in [-0.25, -0.2) is 0 Å². The molecule has 0 aliphatic heterocycles. The van der Waals surface area contributed by atoms with E-state index in [2.05, 4.69) is 32.1 Å². The molecular formula is C22H35F3O2. The first-order valence-corrected chi connectivity index (χ1v) is 9.65. The first-order valence-electron chi connectivity index (χ1n) is 9.65. The fourth-order valence-electron chi connectivity index (χ4n) is 2.58. The molecule has 0 heterocycles. The lowest BCUT2D eigenvalue weighted by Gasteiger charge is -2.13. The number of benzene rings is 1. The van der Waals surface area contributed by atoms with Gasteiger partial charge in [0.2, 0.25) is 0 Å². The Hall–Kier alpha value is -1.49. The number of aliphatic hydroxyl groups excluding tert-OH is 1. The van der Waals surface area contributed by atoms with Crippen LogP contribution in [0, 0.1) is 18.8 Å². The van der Waals surface area contributed by atoms with E-state index in [0.717, 1.165) is 35.5 Å². The minimum atomic E-state index is -4.65. The van der Waals surface area contributed by atoms with Crippen molar-refractivity contribution in [3.63, 3.8) is 0 Å². The highest BCUT2D eigenvalue weighted by Gasteiger charge is 2.31. The highest BCUT2D eigenvalue weighted by atomic mass is 19.4. The second-order valence-corrected chi connectivity index (χ2v) is 7.49. The van der Waals surface area contributed by atoms with Crippen LogP contribution in [0.1, 0.15) is 70.9 Å². The summed E-state index contributed by atoms with van der Waals surface area (Å²) in [4.78, 5) is 0. The van der Waals surface area contributed by atoms with Crippen LogP contribution in [0.5, 0.6) is 5.75 Å². The molecule has 0 bridgehead atoms. The largest absolute Gasteiger partial charge is 0.573 e. The molecule has 0 saturated heterocycles. The second kappa shape index (κ2) is 12.8. The molecule has 27 heavy (non-hydrogen) atoms. The van der Waals surface area contributed by atoms with Gasteiger partial charge in [0.25, 0.3) is 0 Å². The van der Waals surface area contributed by atoms with Gasteiger partial charge in [0.05, 0.1) is 0 Å². The summed E-state index contributed by atoms with van der Waals surface area (Å²) in [6.45, 7) is 14.6. The van der Waals surface area contributed by atoms with Gasteiger partial charge in [-0.15, -0.1) is 13.2 Å². The lowest BCUT2D eigenvalue weighted by atomic mass is 9.98. The van der Waals surface area contributed by atoms with Crippen LogP contribution in [-0.2, 0) is 0 Å². The SMILES string of the molecule is C=C(CCC)c1cc(OC(F)(F)F)ccc1C.CC(C)CCCC(C)CO. The summed E-state index contributed by atoms with van der Waals surface area (Å²) in [5, 5.41) is 8.70. The Labute approximate surface area is 162 Å². The summed E-state index contributed by atoms with van der Waals surface area (Å²) in [5.41, 5.74) is 2.46. The van der Waals surface area contributed by atoms with Crippen LogP contribution in [-0.4, -0.2) is 18.1 Å². The number of hydrogen-bond donors (Lipinski definition) is 1. The molecule has 1 rings (SSSR count). The van der Waals surface area contributed by atoms with Crippen molar-refractivity contribution in [1.82, 2.24) is 0 Å². The van der Waals surface area contributed by atoms with Gasteiger partial charge in [-0.2, -0.15) is 0 Å². The van der Waals surface area contributed by atoms with E-state index in [4.69, 9.17) is 5.11 Å². The summed E-state index contributed by atoms with van der Waals surface area (Å²) in [6, 6.07) is 4.31. The third kappa shape index (κ3) is 12.5. The van der Waals surface area contributed by atoms with E-state index in [1.54, 1.807) is 6.07 Å². The molecule has 0 fully saturated rings. The van der Waals surface area contributed by atoms with Crippen LogP contribution in [0.15, 0.2) is 24.8 Å². The molecule has 1 aromatic rings. The fraction of sp³-hybridized carbons (Fsp3) is 0.636. The van der Waals surface area contributed by atoms with Crippen molar-refractivity contribution in [2.75, 3.05) is 6.61 Å². The molecule has 1 unspecified atom stereocenters. The van der Waals surface area contributed by atoms with E-state index < -0.39 is 6.36 Å². The summed E-state index contributed by atoms with van der Waals surface area (Å²) in [7, 11) is 0. The fourth-order valence-corrected chi connectivity index (χ4v) is 2.58. The van der Waals surface area contributed by atoms with Gasteiger partial charge in [-0.05, 0) is 60.4 Å². The maximum atomic E-state index is 12.1. The second-order valence-electron chi connectivity index (χ2n) is 7.49. The standard InChI is InChI=1S/C13H15F3O.C9H20O/c1-4-5-9(2)12-8-11(7-6-10(12)3)17-13(14,15)16;1-8(2)5-4-6-9(3)7-10/h6-8H,2,4-5H2,1,3H3;8-10H,4-7H2,1-3H3. The third-order valence-corrected chi connectivity index (χ3v) is 4.17. The number of ether oxygens (including phenoxy) is 1. The zero-order valence-corrected chi connectivity index (χ0v) is 17.3. The maximum absolute atomic E-state index is 12.1. The van der Waals surface area contributed by atoms with Gasteiger partial charge < -0.3 is 9.84 Å². The Bertz CT molecular complexity index is 551. The molecule has 1 aromatic carbocycles. The molecule has 1 atom stereocenters. The van der Waals surface area contributed by atoms with E-state index in [0.29, 0.717) is 12.5 Å². The van der Waals surface area contributed by atoms with Crippen molar-refractivity contribution in [3.8, 4) is 5.75 Å². The lowest BCUT2D eigenvalue weighted by Crippen LogP contribution is -2.17. The quantitative estimate of drug-likeness (QED) is 0.487. The number of aliphatic hydroxyl groups is 1. The van der Waals surface area contributed by atoms with Crippen LogP contribution in [0.3, 0.4) is 0 Å². The van der Waals surface area contributed by atoms with Crippen molar-refractivity contribution in [3.05, 3.63) is 35.9 Å². The number of allylic oxidation sites excluding steroid dienone is 1. The van der Waals surface area contributed by atoms with Crippen LogP contribution < -0.4 is 4.74 Å². The van der Waals surface area contributed by atoms with E-state index in [1.165, 1.54) is 31.4 Å². The number of aryl methyl sites for hydroxylation is 1. The Morgan fingerprint density at radius 1 is 1.19 bits per heavy atom. The van der Waals surface area contributed by atoms with Gasteiger partial charge in [-0.1, -0.05) is 59.6 Å². The van der Waals surface area contributed by atoms with Crippen molar-refractivity contribution >= 4 is 5.57 Å². The van der Waals surface area contributed by atoms with Crippen LogP contribution >= 0.6 is 0 Å². The monoisotopic (exact) mass is 388 g/mol. The van der Waals surface area contributed by atoms with Crippen LogP contribution in [0.4, 0.5) is 13.2 Å². The molecule has 0 spiro atoms. The third-order valence-electron chi connectivity index (χ3n) is 4.17. The molecule has 0 radical (unpaired) electrons. The molecule has 2 nitrogen and oxygen atoms in total. The molecule has 0 aromatic heterocycles. The molecule has 1 N–H and O–H groups in total. The van der Waals surface area contributed by atoms with Gasteiger partial charge in [-0.3, -0.25) is 0 Å². The van der Waals surface area contributed by atoms with E-state index in [-0.39, 0.29) is 5.75 Å². The average molecular weight is 389 g/mol. The minimum Gasteiger partial charge on any atom is -0.406 e. The first-order chi connectivity index (χ1) is 12.5. The highest BCUT2D eigenvalue weighted by Crippen LogP contribution is 2.29. The smallest absolute Gasteiger partial charge is 0.406 e. The Morgan fingerprint density at radius 3 is 2.30 bits per heavy atom. The first kappa shape index (κ1) is 25.5. The van der Waals surface area contributed by atoms with Crippen molar-refractivity contribution < 1.29 is 23.0 Å². The average Bonchev–Trinajstić information content (AvgIpc) is 2.55. The van der Waals surface area contributed by atoms with Gasteiger partial charge in [0, 0.05) is 6.61 Å². The Morgan fingerprint density at radius 2 is 1.81 bits per heavy atom. The predicted molar refractivity (Wildman–Crippen MR) is 107 cm³/mol. The van der Waals surface area contributed by atoms with E-state index in [9.17, 15) is 13.2 Å². The van der Waals surface area contributed by atoms with Crippen molar-refractivity contribution in [2.45, 2.75) is 73.1 Å². The predicted octanol–water partition coefficient (Wildman–Crippen LogP) is 7.15. The van der Waals surface area contributed by atoms with Crippen molar-refractivity contribution in [2.24, 2.45) is 11.8 Å². The lowest BCUT2D eigenvalue weighted by molar-refractivity contribution is -0.274. The molecule has 0 amide bonds. The molecular weight excluding hydrogens is 353 g/mol. The summed E-state index contributed by atoms with van der Waals surface area (Å²) < 4.78 is 40.1. The summed E-state index contributed by atoms with van der Waals surface area (Å²) in [5.74, 6) is 1.11. The summed E-state index contributed by atoms with van der Waals surface area (Å²) >= 11 is 0. The van der Waals surface area contributed by atoms with Crippen LogP contribution in [0.2, 0.25) is 0 Å².